The van der Waals surface area contributed by atoms with Gasteiger partial charge in [-0.2, -0.15) is 5.10 Å². The number of para-hydroxylation sites is 1. The highest BCUT2D eigenvalue weighted by Crippen LogP contribution is 2.43. The molecule has 1 aromatic carbocycles. The second kappa shape index (κ2) is 9.13. The molecule has 9 heteroatoms. The number of Topliss-reactive ketones (excluding diaryl/α,β-unsaturated/α-hetero) is 1. The third-order valence-corrected chi connectivity index (χ3v) is 6.10. The average Bonchev–Trinajstić information content (AvgIpc) is 3.28. The molecular formula is C23H28N4O5. The third kappa shape index (κ3) is 3.89. The lowest BCUT2D eigenvalue weighted by molar-refractivity contribution is -0.140. The number of amides is 1. The third-order valence-electron chi connectivity index (χ3n) is 6.10. The zero-order valence-corrected chi connectivity index (χ0v) is 18.6. The molecule has 0 bridgehead atoms. The molecule has 0 saturated carbocycles. The Kier molecular flexibility index (Phi) is 6.29. The molecule has 2 fully saturated rings. The zero-order chi connectivity index (χ0) is 22.8. The topological polar surface area (TPSA) is 108 Å². The summed E-state index contributed by atoms with van der Waals surface area (Å²) in [6, 6.07) is 6.49. The van der Waals surface area contributed by atoms with Crippen molar-refractivity contribution >= 4 is 17.4 Å². The highest BCUT2D eigenvalue weighted by Gasteiger charge is 2.47. The Bertz CT molecular complexity index is 1030. The summed E-state index contributed by atoms with van der Waals surface area (Å²) in [4.78, 5) is 30.1. The van der Waals surface area contributed by atoms with Crippen molar-refractivity contribution in [1.82, 2.24) is 20.0 Å². The number of hydrogen-bond donors (Lipinski definition) is 2. The van der Waals surface area contributed by atoms with Gasteiger partial charge in [-0.3, -0.25) is 19.6 Å². The first-order valence-corrected chi connectivity index (χ1v) is 10.7. The smallest absolute Gasteiger partial charge is 0.295 e. The summed E-state index contributed by atoms with van der Waals surface area (Å²) in [5.41, 5.74) is 2.32. The van der Waals surface area contributed by atoms with Gasteiger partial charge in [0, 0.05) is 37.4 Å². The number of H-pyrrole nitrogens is 1. The number of aliphatic hydroxyl groups excluding tert-OH is 1. The van der Waals surface area contributed by atoms with E-state index < -0.39 is 17.7 Å². The van der Waals surface area contributed by atoms with Crippen LogP contribution >= 0.6 is 0 Å². The Morgan fingerprint density at radius 2 is 1.94 bits per heavy atom. The summed E-state index contributed by atoms with van der Waals surface area (Å²) in [5, 5.41) is 18.2. The van der Waals surface area contributed by atoms with Crippen LogP contribution in [0.25, 0.3) is 5.76 Å². The first-order valence-electron chi connectivity index (χ1n) is 10.7. The summed E-state index contributed by atoms with van der Waals surface area (Å²) in [6.07, 6.45) is 0. The summed E-state index contributed by atoms with van der Waals surface area (Å²) in [7, 11) is 1.54. The minimum Gasteiger partial charge on any atom is -0.507 e. The van der Waals surface area contributed by atoms with Crippen LogP contribution in [0.1, 0.15) is 28.6 Å². The molecule has 2 aliphatic heterocycles. The molecule has 3 heterocycles. The quantitative estimate of drug-likeness (QED) is 0.401. The molecule has 2 N–H and O–H groups in total. The molecule has 1 aromatic heterocycles. The number of ether oxygens (including phenoxy) is 2. The molecule has 1 amide bonds. The molecule has 9 nitrogen and oxygen atoms in total. The standard InChI is InChI=1S/C23H28N4O5/c1-14-18(15(2)25-24-14)21(28)19-20(16-6-4-5-7-17(16)31-3)27(23(30)22(19)29)9-8-26-10-12-32-13-11-26/h4-7,20,28H,8-13H2,1-3H3,(H,24,25)/t20-/m0/s1. The number of aromatic amines is 1. The molecule has 4 rings (SSSR count). The van der Waals surface area contributed by atoms with Crippen LogP contribution in [0, 0.1) is 13.8 Å². The molecule has 2 aliphatic rings. The van der Waals surface area contributed by atoms with E-state index in [9.17, 15) is 14.7 Å². The molecule has 2 aromatic rings. The van der Waals surface area contributed by atoms with E-state index in [0.717, 1.165) is 13.1 Å². The predicted octanol–water partition coefficient (Wildman–Crippen LogP) is 1.79. The first kappa shape index (κ1) is 22.0. The first-order chi connectivity index (χ1) is 15.4. The number of hydrogen-bond acceptors (Lipinski definition) is 7. The van der Waals surface area contributed by atoms with Crippen LogP contribution in [0.5, 0.6) is 5.75 Å². The van der Waals surface area contributed by atoms with Gasteiger partial charge >= 0.3 is 0 Å². The summed E-state index contributed by atoms with van der Waals surface area (Å²) in [6.45, 7) is 7.29. The number of rotatable bonds is 6. The summed E-state index contributed by atoms with van der Waals surface area (Å²) < 4.78 is 10.9. The Labute approximate surface area is 186 Å². The van der Waals surface area contributed by atoms with Gasteiger partial charge in [0.25, 0.3) is 11.7 Å². The van der Waals surface area contributed by atoms with Crippen LogP contribution in [0.3, 0.4) is 0 Å². The number of carbonyl (C=O) groups is 2. The molecule has 170 valence electrons. The highest BCUT2D eigenvalue weighted by molar-refractivity contribution is 6.46. The van der Waals surface area contributed by atoms with Crippen LogP contribution in [0.2, 0.25) is 0 Å². The van der Waals surface area contributed by atoms with Crippen LogP contribution in [0.4, 0.5) is 0 Å². The van der Waals surface area contributed by atoms with Gasteiger partial charge in [-0.15, -0.1) is 0 Å². The largest absolute Gasteiger partial charge is 0.507 e. The average molecular weight is 441 g/mol. The minimum absolute atomic E-state index is 0.0501. The van der Waals surface area contributed by atoms with Gasteiger partial charge in [0.1, 0.15) is 11.5 Å². The van der Waals surface area contributed by atoms with E-state index in [-0.39, 0.29) is 11.3 Å². The van der Waals surface area contributed by atoms with Crippen molar-refractivity contribution in [1.29, 1.82) is 0 Å². The maximum Gasteiger partial charge on any atom is 0.295 e. The van der Waals surface area contributed by atoms with Gasteiger partial charge in [-0.25, -0.2) is 0 Å². The van der Waals surface area contributed by atoms with Gasteiger partial charge in [0.05, 0.1) is 43.2 Å². The second-order valence-corrected chi connectivity index (χ2v) is 8.00. The number of aromatic nitrogens is 2. The number of nitrogens with one attached hydrogen (secondary N) is 1. The number of likely N-dealkylation sites (tertiary alicyclic amines) is 1. The number of ketones is 1. The van der Waals surface area contributed by atoms with Crippen LogP contribution in [-0.4, -0.2) is 83.3 Å². The van der Waals surface area contributed by atoms with E-state index >= 15 is 0 Å². The summed E-state index contributed by atoms with van der Waals surface area (Å²) >= 11 is 0. The molecule has 0 spiro atoms. The molecule has 2 saturated heterocycles. The normalized spacial score (nSPS) is 21.3. The molecule has 32 heavy (non-hydrogen) atoms. The molecular weight excluding hydrogens is 412 g/mol. The maximum atomic E-state index is 13.2. The number of aliphatic hydroxyl groups is 1. The molecule has 1 atom stereocenters. The lowest BCUT2D eigenvalue weighted by Crippen LogP contribution is -2.42. The van der Waals surface area contributed by atoms with E-state index in [4.69, 9.17) is 9.47 Å². The lowest BCUT2D eigenvalue weighted by atomic mass is 9.94. The Morgan fingerprint density at radius 3 is 2.59 bits per heavy atom. The van der Waals surface area contributed by atoms with Crippen molar-refractivity contribution in [3.63, 3.8) is 0 Å². The zero-order valence-electron chi connectivity index (χ0n) is 18.6. The van der Waals surface area contributed by atoms with Crippen molar-refractivity contribution in [2.75, 3.05) is 46.5 Å². The fourth-order valence-electron chi connectivity index (χ4n) is 4.43. The fourth-order valence-corrected chi connectivity index (χ4v) is 4.43. The number of nitrogens with zero attached hydrogens (tertiary/aromatic N) is 3. The molecule has 0 aliphatic carbocycles. The van der Waals surface area contributed by atoms with Crippen LogP contribution < -0.4 is 4.74 Å². The van der Waals surface area contributed by atoms with Crippen molar-refractivity contribution < 1.29 is 24.2 Å². The van der Waals surface area contributed by atoms with Crippen molar-refractivity contribution in [2.45, 2.75) is 19.9 Å². The number of morpholine rings is 1. The van der Waals surface area contributed by atoms with Crippen LogP contribution in [0.15, 0.2) is 29.8 Å². The van der Waals surface area contributed by atoms with Crippen LogP contribution in [-0.2, 0) is 14.3 Å². The van der Waals surface area contributed by atoms with Crippen molar-refractivity contribution in [3.8, 4) is 5.75 Å². The Morgan fingerprint density at radius 1 is 1.22 bits per heavy atom. The van der Waals surface area contributed by atoms with E-state index in [1.165, 1.54) is 4.90 Å². The SMILES string of the molecule is COc1ccccc1[C@H]1C(=C(O)c2c(C)n[nH]c2C)C(=O)C(=O)N1CCN1CCOCC1. The number of benzene rings is 1. The van der Waals surface area contributed by atoms with Gasteiger partial charge < -0.3 is 19.5 Å². The number of carbonyl (C=O) groups excluding carboxylic acids is 2. The summed E-state index contributed by atoms with van der Waals surface area (Å²) in [5.74, 6) is -1.02. The number of aryl methyl sites for hydroxylation is 2. The fraction of sp³-hybridized carbons (Fsp3) is 0.435. The van der Waals surface area contributed by atoms with Gasteiger partial charge in [0.2, 0.25) is 0 Å². The second-order valence-electron chi connectivity index (χ2n) is 8.00. The van der Waals surface area contributed by atoms with Crippen molar-refractivity contribution in [3.05, 3.63) is 52.4 Å². The van der Waals surface area contributed by atoms with E-state index in [1.807, 2.05) is 18.2 Å². The van der Waals surface area contributed by atoms with E-state index in [2.05, 4.69) is 15.1 Å². The number of methoxy groups -OCH3 is 1. The molecule has 0 radical (unpaired) electrons. The maximum absolute atomic E-state index is 13.2. The highest BCUT2D eigenvalue weighted by atomic mass is 16.5. The lowest BCUT2D eigenvalue weighted by Gasteiger charge is -2.31. The minimum atomic E-state index is -0.763. The van der Waals surface area contributed by atoms with E-state index in [0.29, 0.717) is 54.6 Å². The van der Waals surface area contributed by atoms with Crippen molar-refractivity contribution in [2.24, 2.45) is 0 Å². The monoisotopic (exact) mass is 440 g/mol. The Hall–Kier alpha value is -3.17. The van der Waals surface area contributed by atoms with Gasteiger partial charge in [-0.1, -0.05) is 18.2 Å². The predicted molar refractivity (Wildman–Crippen MR) is 117 cm³/mol. The van der Waals surface area contributed by atoms with Gasteiger partial charge in [-0.05, 0) is 19.9 Å². The van der Waals surface area contributed by atoms with E-state index in [1.54, 1.807) is 27.0 Å². The van der Waals surface area contributed by atoms with Gasteiger partial charge in [0.15, 0.2) is 0 Å². The molecule has 0 unspecified atom stereocenters. The Balaban J connectivity index is 1.80.